The maximum Gasteiger partial charge on any atom is 0.262 e. The molecule has 0 atom stereocenters. The molecule has 0 aliphatic carbocycles. The molecule has 0 fully saturated rings. The number of sulfonamides is 1. The van der Waals surface area contributed by atoms with Gasteiger partial charge in [0.2, 0.25) is 0 Å². The SMILES string of the molecule is COc1ccc(NS(=O)(=O)c2ccc(Cl)cc2)c(O)c1. The Bertz CT molecular complexity index is 714. The average molecular weight is 314 g/mol. The zero-order valence-electron chi connectivity index (χ0n) is 10.5. The third-order valence-corrected chi connectivity index (χ3v) is 4.21. The van der Waals surface area contributed by atoms with Crippen molar-refractivity contribution in [2.75, 3.05) is 11.8 Å². The Balaban J connectivity index is 2.31. The Morgan fingerprint density at radius 3 is 2.35 bits per heavy atom. The fourth-order valence-electron chi connectivity index (χ4n) is 1.54. The van der Waals surface area contributed by atoms with Crippen molar-refractivity contribution < 1.29 is 18.3 Å². The zero-order valence-corrected chi connectivity index (χ0v) is 12.1. The molecular weight excluding hydrogens is 302 g/mol. The number of hydrogen-bond acceptors (Lipinski definition) is 4. The number of rotatable bonds is 4. The lowest BCUT2D eigenvalue weighted by Gasteiger charge is -2.10. The molecule has 0 heterocycles. The monoisotopic (exact) mass is 313 g/mol. The summed E-state index contributed by atoms with van der Waals surface area (Å²) >= 11 is 5.71. The molecule has 2 rings (SSSR count). The molecule has 0 aliphatic heterocycles. The van der Waals surface area contributed by atoms with Crippen LogP contribution in [0.5, 0.6) is 11.5 Å². The number of halogens is 1. The molecule has 0 bridgehead atoms. The second kappa shape index (κ2) is 5.60. The van der Waals surface area contributed by atoms with Crippen molar-refractivity contribution in [3.8, 4) is 11.5 Å². The third-order valence-electron chi connectivity index (χ3n) is 2.57. The molecule has 0 amide bonds. The first-order chi connectivity index (χ1) is 9.42. The number of anilines is 1. The van der Waals surface area contributed by atoms with E-state index < -0.39 is 10.0 Å². The summed E-state index contributed by atoms with van der Waals surface area (Å²) in [5.41, 5.74) is 0.0701. The van der Waals surface area contributed by atoms with E-state index in [1.54, 1.807) is 6.07 Å². The summed E-state index contributed by atoms with van der Waals surface area (Å²) < 4.78 is 31.5. The van der Waals surface area contributed by atoms with Gasteiger partial charge in [-0.3, -0.25) is 4.72 Å². The highest BCUT2D eigenvalue weighted by molar-refractivity contribution is 7.92. The Morgan fingerprint density at radius 1 is 1.15 bits per heavy atom. The molecular formula is C13H12ClNO4S. The standard InChI is InChI=1S/C13H12ClNO4S/c1-19-10-4-7-12(13(16)8-10)15-20(17,18)11-5-2-9(14)3-6-11/h2-8,15-16H,1H3. The van der Waals surface area contributed by atoms with Gasteiger partial charge in [-0.15, -0.1) is 0 Å². The van der Waals surface area contributed by atoms with Crippen LogP contribution in [0.3, 0.4) is 0 Å². The molecule has 0 saturated carbocycles. The summed E-state index contributed by atoms with van der Waals surface area (Å²) in [6, 6.07) is 9.99. The van der Waals surface area contributed by atoms with Crippen molar-refractivity contribution in [2.45, 2.75) is 4.90 Å². The maximum absolute atomic E-state index is 12.1. The van der Waals surface area contributed by atoms with Gasteiger partial charge in [0, 0.05) is 11.1 Å². The third kappa shape index (κ3) is 3.15. The Morgan fingerprint density at radius 2 is 1.80 bits per heavy atom. The molecule has 0 unspecified atom stereocenters. The van der Waals surface area contributed by atoms with E-state index in [1.807, 2.05) is 0 Å². The second-order valence-electron chi connectivity index (χ2n) is 3.94. The molecule has 2 aromatic carbocycles. The van der Waals surface area contributed by atoms with Crippen molar-refractivity contribution in [1.29, 1.82) is 0 Å². The lowest BCUT2D eigenvalue weighted by atomic mass is 10.3. The molecule has 0 spiro atoms. The molecule has 0 aromatic heterocycles. The van der Waals surface area contributed by atoms with E-state index in [-0.39, 0.29) is 16.3 Å². The number of hydrogen-bond donors (Lipinski definition) is 2. The summed E-state index contributed by atoms with van der Waals surface area (Å²) in [5.74, 6) is 0.207. The number of benzene rings is 2. The first kappa shape index (κ1) is 14.5. The van der Waals surface area contributed by atoms with E-state index in [4.69, 9.17) is 16.3 Å². The fraction of sp³-hybridized carbons (Fsp3) is 0.0769. The zero-order chi connectivity index (χ0) is 14.8. The summed E-state index contributed by atoms with van der Waals surface area (Å²) in [5, 5.41) is 10.2. The van der Waals surface area contributed by atoms with E-state index in [0.717, 1.165) is 0 Å². The topological polar surface area (TPSA) is 75.6 Å². The van der Waals surface area contributed by atoms with Gasteiger partial charge in [0.05, 0.1) is 17.7 Å². The van der Waals surface area contributed by atoms with Crippen LogP contribution < -0.4 is 9.46 Å². The fourth-order valence-corrected chi connectivity index (χ4v) is 2.74. The van der Waals surface area contributed by atoms with E-state index in [9.17, 15) is 13.5 Å². The van der Waals surface area contributed by atoms with Gasteiger partial charge < -0.3 is 9.84 Å². The minimum absolute atomic E-state index is 0.0529. The van der Waals surface area contributed by atoms with E-state index in [1.165, 1.54) is 43.5 Å². The van der Waals surface area contributed by atoms with Crippen LogP contribution in [0.25, 0.3) is 0 Å². The van der Waals surface area contributed by atoms with Crippen LogP contribution in [0.15, 0.2) is 47.4 Å². The van der Waals surface area contributed by atoms with Gasteiger partial charge in [0.25, 0.3) is 10.0 Å². The first-order valence-corrected chi connectivity index (χ1v) is 7.44. The predicted molar refractivity (Wildman–Crippen MR) is 76.9 cm³/mol. The Hall–Kier alpha value is -1.92. The Kier molecular flexibility index (Phi) is 4.06. The van der Waals surface area contributed by atoms with Crippen LogP contribution in [-0.2, 0) is 10.0 Å². The van der Waals surface area contributed by atoms with Gasteiger partial charge in [-0.2, -0.15) is 0 Å². The molecule has 0 saturated heterocycles. The van der Waals surface area contributed by atoms with Gasteiger partial charge in [-0.25, -0.2) is 8.42 Å². The minimum Gasteiger partial charge on any atom is -0.506 e. The van der Waals surface area contributed by atoms with Crippen LogP contribution >= 0.6 is 11.6 Å². The van der Waals surface area contributed by atoms with Gasteiger partial charge in [-0.1, -0.05) is 11.6 Å². The normalized spacial score (nSPS) is 11.1. The predicted octanol–water partition coefficient (Wildman–Crippen LogP) is 2.86. The number of phenolic OH excluding ortho intramolecular Hbond substituents is 1. The second-order valence-corrected chi connectivity index (χ2v) is 6.06. The largest absolute Gasteiger partial charge is 0.506 e. The summed E-state index contributed by atoms with van der Waals surface area (Å²) in [7, 11) is -2.33. The molecule has 20 heavy (non-hydrogen) atoms. The number of aromatic hydroxyl groups is 1. The van der Waals surface area contributed by atoms with E-state index in [2.05, 4.69) is 4.72 Å². The van der Waals surface area contributed by atoms with Gasteiger partial charge in [0.15, 0.2) is 0 Å². The summed E-state index contributed by atoms with van der Waals surface area (Å²) in [6.45, 7) is 0. The van der Waals surface area contributed by atoms with Crippen LogP contribution in [0.2, 0.25) is 5.02 Å². The van der Waals surface area contributed by atoms with Crippen LogP contribution in [0.4, 0.5) is 5.69 Å². The molecule has 5 nitrogen and oxygen atoms in total. The first-order valence-electron chi connectivity index (χ1n) is 5.58. The minimum atomic E-state index is -3.78. The van der Waals surface area contributed by atoms with Crippen LogP contribution in [0.1, 0.15) is 0 Å². The molecule has 106 valence electrons. The van der Waals surface area contributed by atoms with Gasteiger partial charge >= 0.3 is 0 Å². The van der Waals surface area contributed by atoms with Crippen molar-refractivity contribution in [2.24, 2.45) is 0 Å². The number of methoxy groups -OCH3 is 1. The summed E-state index contributed by atoms with van der Waals surface area (Å²) in [4.78, 5) is 0.0529. The van der Waals surface area contributed by atoms with Crippen molar-refractivity contribution >= 4 is 27.3 Å². The number of phenols is 1. The lowest BCUT2D eigenvalue weighted by Crippen LogP contribution is -2.12. The smallest absolute Gasteiger partial charge is 0.262 e. The van der Waals surface area contributed by atoms with Crippen molar-refractivity contribution in [1.82, 2.24) is 0 Å². The average Bonchev–Trinajstić information content (AvgIpc) is 2.41. The number of ether oxygens (including phenoxy) is 1. The van der Waals surface area contributed by atoms with Gasteiger partial charge in [0.1, 0.15) is 11.5 Å². The summed E-state index contributed by atoms with van der Waals surface area (Å²) in [6.07, 6.45) is 0. The highest BCUT2D eigenvalue weighted by Crippen LogP contribution is 2.29. The van der Waals surface area contributed by atoms with Crippen molar-refractivity contribution in [3.63, 3.8) is 0 Å². The molecule has 0 radical (unpaired) electrons. The van der Waals surface area contributed by atoms with Crippen LogP contribution in [-0.4, -0.2) is 20.6 Å². The molecule has 2 aromatic rings. The van der Waals surface area contributed by atoms with E-state index >= 15 is 0 Å². The molecule has 7 heteroatoms. The highest BCUT2D eigenvalue weighted by atomic mass is 35.5. The molecule has 2 N–H and O–H groups in total. The quantitative estimate of drug-likeness (QED) is 0.851. The van der Waals surface area contributed by atoms with E-state index in [0.29, 0.717) is 10.8 Å². The molecule has 0 aliphatic rings. The maximum atomic E-state index is 12.1. The highest BCUT2D eigenvalue weighted by Gasteiger charge is 2.16. The number of nitrogens with one attached hydrogen (secondary N) is 1. The Labute approximate surface area is 121 Å². The lowest BCUT2D eigenvalue weighted by molar-refractivity contribution is 0.408. The van der Waals surface area contributed by atoms with Crippen molar-refractivity contribution in [3.05, 3.63) is 47.5 Å². The van der Waals surface area contributed by atoms with Crippen LogP contribution in [0, 0.1) is 0 Å². The van der Waals surface area contributed by atoms with Gasteiger partial charge in [-0.05, 0) is 36.4 Å².